The molecule has 1 fully saturated rings. The van der Waals surface area contributed by atoms with Crippen molar-refractivity contribution >= 4 is 39.9 Å². The maximum absolute atomic E-state index is 12.2. The second-order valence-corrected chi connectivity index (χ2v) is 6.95. The van der Waals surface area contributed by atoms with E-state index >= 15 is 0 Å². The highest BCUT2D eigenvalue weighted by atomic mass is 35.5. The van der Waals surface area contributed by atoms with Gasteiger partial charge in [-0.25, -0.2) is 4.98 Å². The lowest BCUT2D eigenvalue weighted by molar-refractivity contribution is -0.126. The van der Waals surface area contributed by atoms with Crippen molar-refractivity contribution in [3.63, 3.8) is 0 Å². The van der Waals surface area contributed by atoms with Gasteiger partial charge in [0, 0.05) is 35.5 Å². The highest BCUT2D eigenvalue weighted by Crippen LogP contribution is 2.25. The minimum absolute atomic E-state index is 0.00493. The third kappa shape index (κ3) is 4.09. The number of carbonyl (C=O) groups excluding carboxylic acids is 2. The standard InChI is InChI=1S/C16H16ClN3O2S/c17-13-4-2-1-3-10(13)7-12-9-19-16(23-12)20-15(22)11-5-6-14(21)18-8-11/h1-4,9,11H,5-8H2,(H,18,21)(H,19,20,22)/t11-/m0/s1. The van der Waals surface area contributed by atoms with Gasteiger partial charge in [0.2, 0.25) is 11.8 Å². The van der Waals surface area contributed by atoms with Crippen molar-refractivity contribution in [2.75, 3.05) is 11.9 Å². The molecule has 1 aliphatic rings. The van der Waals surface area contributed by atoms with Gasteiger partial charge in [0.1, 0.15) is 0 Å². The number of hydrogen-bond donors (Lipinski definition) is 2. The number of piperidine rings is 1. The Morgan fingerprint density at radius 2 is 2.26 bits per heavy atom. The van der Waals surface area contributed by atoms with Gasteiger partial charge in [0.05, 0.1) is 5.92 Å². The number of anilines is 1. The fourth-order valence-corrected chi connectivity index (χ4v) is 3.48. The number of hydrogen-bond acceptors (Lipinski definition) is 4. The van der Waals surface area contributed by atoms with Crippen molar-refractivity contribution in [1.29, 1.82) is 0 Å². The molecule has 1 aromatic carbocycles. The van der Waals surface area contributed by atoms with Crippen LogP contribution in [0.25, 0.3) is 0 Å². The van der Waals surface area contributed by atoms with Crippen LogP contribution >= 0.6 is 22.9 Å². The first-order valence-electron chi connectivity index (χ1n) is 7.37. The zero-order valence-corrected chi connectivity index (χ0v) is 13.9. The zero-order chi connectivity index (χ0) is 16.2. The van der Waals surface area contributed by atoms with Crippen LogP contribution in [0.1, 0.15) is 23.3 Å². The minimum atomic E-state index is -0.191. The van der Waals surface area contributed by atoms with Gasteiger partial charge in [-0.2, -0.15) is 0 Å². The van der Waals surface area contributed by atoms with Crippen molar-refractivity contribution in [2.45, 2.75) is 19.3 Å². The molecule has 3 rings (SSSR count). The van der Waals surface area contributed by atoms with Crippen molar-refractivity contribution in [3.8, 4) is 0 Å². The number of nitrogens with one attached hydrogen (secondary N) is 2. The molecule has 5 nitrogen and oxygen atoms in total. The highest BCUT2D eigenvalue weighted by molar-refractivity contribution is 7.15. The lowest BCUT2D eigenvalue weighted by atomic mass is 9.98. The molecule has 0 spiro atoms. The average Bonchev–Trinajstić information content (AvgIpc) is 2.97. The average molecular weight is 350 g/mol. The molecule has 120 valence electrons. The fourth-order valence-electron chi connectivity index (χ4n) is 2.44. The molecule has 0 saturated carbocycles. The summed E-state index contributed by atoms with van der Waals surface area (Å²) in [6.07, 6.45) is 3.42. The number of carbonyl (C=O) groups is 2. The number of rotatable bonds is 4. The minimum Gasteiger partial charge on any atom is -0.355 e. The van der Waals surface area contributed by atoms with E-state index in [9.17, 15) is 9.59 Å². The molecule has 0 unspecified atom stereocenters. The van der Waals surface area contributed by atoms with Crippen LogP contribution in [0, 0.1) is 5.92 Å². The third-order valence-corrected chi connectivity index (χ3v) is 5.02. The predicted molar refractivity (Wildman–Crippen MR) is 90.7 cm³/mol. The fraction of sp³-hybridized carbons (Fsp3) is 0.312. The van der Waals surface area contributed by atoms with Crippen molar-refractivity contribution < 1.29 is 9.59 Å². The molecule has 0 bridgehead atoms. The van der Waals surface area contributed by atoms with E-state index in [4.69, 9.17) is 11.6 Å². The van der Waals surface area contributed by atoms with E-state index in [1.165, 1.54) is 11.3 Å². The van der Waals surface area contributed by atoms with E-state index in [2.05, 4.69) is 15.6 Å². The van der Waals surface area contributed by atoms with Gasteiger partial charge < -0.3 is 10.6 Å². The summed E-state index contributed by atoms with van der Waals surface area (Å²) in [5, 5.41) is 6.85. The van der Waals surface area contributed by atoms with Gasteiger partial charge in [0.25, 0.3) is 0 Å². The van der Waals surface area contributed by atoms with Crippen LogP contribution < -0.4 is 10.6 Å². The number of aromatic nitrogens is 1. The van der Waals surface area contributed by atoms with Crippen LogP contribution in [0.4, 0.5) is 5.13 Å². The molecular formula is C16H16ClN3O2S. The molecule has 2 N–H and O–H groups in total. The molecule has 2 amide bonds. The SMILES string of the molecule is O=C1CC[C@H](C(=O)Nc2ncc(Cc3ccccc3Cl)s2)CN1. The molecule has 1 atom stereocenters. The van der Waals surface area contributed by atoms with Crippen molar-refractivity contribution in [2.24, 2.45) is 5.92 Å². The van der Waals surface area contributed by atoms with Crippen LogP contribution in [0.2, 0.25) is 5.02 Å². The molecule has 2 aromatic rings. The Labute approximate surface area is 143 Å². The first-order valence-corrected chi connectivity index (χ1v) is 8.57. The lowest BCUT2D eigenvalue weighted by Gasteiger charge is -2.20. The smallest absolute Gasteiger partial charge is 0.231 e. The summed E-state index contributed by atoms with van der Waals surface area (Å²) in [7, 11) is 0. The first-order chi connectivity index (χ1) is 11.1. The summed E-state index contributed by atoms with van der Waals surface area (Å²) in [4.78, 5) is 28.6. The summed E-state index contributed by atoms with van der Waals surface area (Å²) in [5.41, 5.74) is 1.03. The highest BCUT2D eigenvalue weighted by Gasteiger charge is 2.25. The summed E-state index contributed by atoms with van der Waals surface area (Å²) in [6, 6.07) is 7.68. The maximum atomic E-state index is 12.2. The number of halogens is 1. The van der Waals surface area contributed by atoms with E-state index in [0.717, 1.165) is 15.5 Å². The van der Waals surface area contributed by atoms with Gasteiger partial charge in [-0.05, 0) is 18.1 Å². The van der Waals surface area contributed by atoms with E-state index in [1.807, 2.05) is 24.3 Å². The van der Waals surface area contributed by atoms with Crippen LogP contribution in [-0.2, 0) is 16.0 Å². The normalized spacial score (nSPS) is 17.6. The second kappa shape index (κ2) is 7.10. The van der Waals surface area contributed by atoms with E-state index in [0.29, 0.717) is 30.9 Å². The topological polar surface area (TPSA) is 71.1 Å². The predicted octanol–water partition coefficient (Wildman–Crippen LogP) is 2.85. The van der Waals surface area contributed by atoms with Gasteiger partial charge in [0.15, 0.2) is 5.13 Å². The molecule has 0 radical (unpaired) electrons. The Bertz CT molecular complexity index is 722. The summed E-state index contributed by atoms with van der Waals surface area (Å²) >= 11 is 7.60. The summed E-state index contributed by atoms with van der Waals surface area (Å²) in [5.74, 6) is -0.280. The van der Waals surface area contributed by atoms with Gasteiger partial charge >= 0.3 is 0 Å². The van der Waals surface area contributed by atoms with Crippen molar-refractivity contribution in [1.82, 2.24) is 10.3 Å². The quantitative estimate of drug-likeness (QED) is 0.891. The Hall–Kier alpha value is -1.92. The summed E-state index contributed by atoms with van der Waals surface area (Å²) < 4.78 is 0. The number of benzene rings is 1. The molecule has 0 aliphatic carbocycles. The third-order valence-electron chi connectivity index (χ3n) is 3.74. The number of nitrogens with zero attached hydrogens (tertiary/aromatic N) is 1. The van der Waals surface area contributed by atoms with E-state index in [1.54, 1.807) is 6.20 Å². The van der Waals surface area contributed by atoms with Crippen LogP contribution in [0.5, 0.6) is 0 Å². The molecule has 1 saturated heterocycles. The Morgan fingerprint density at radius 1 is 1.43 bits per heavy atom. The first kappa shape index (κ1) is 16.0. The van der Waals surface area contributed by atoms with E-state index in [-0.39, 0.29) is 17.7 Å². The van der Waals surface area contributed by atoms with Crippen LogP contribution in [-0.4, -0.2) is 23.3 Å². The Kier molecular flexibility index (Phi) is 4.93. The largest absolute Gasteiger partial charge is 0.355 e. The molecule has 1 aliphatic heterocycles. The van der Waals surface area contributed by atoms with Gasteiger partial charge in [-0.15, -0.1) is 11.3 Å². The summed E-state index contributed by atoms with van der Waals surface area (Å²) in [6.45, 7) is 0.391. The number of amides is 2. The Morgan fingerprint density at radius 3 is 3.00 bits per heavy atom. The van der Waals surface area contributed by atoms with Crippen LogP contribution in [0.15, 0.2) is 30.5 Å². The molecule has 7 heteroatoms. The number of thiazole rings is 1. The Balaban J connectivity index is 1.60. The zero-order valence-electron chi connectivity index (χ0n) is 12.3. The van der Waals surface area contributed by atoms with Gasteiger partial charge in [-0.3, -0.25) is 9.59 Å². The molecular weight excluding hydrogens is 334 g/mol. The van der Waals surface area contributed by atoms with Crippen LogP contribution in [0.3, 0.4) is 0 Å². The van der Waals surface area contributed by atoms with E-state index < -0.39 is 0 Å². The monoisotopic (exact) mass is 349 g/mol. The molecule has 2 heterocycles. The van der Waals surface area contributed by atoms with Gasteiger partial charge in [-0.1, -0.05) is 29.8 Å². The second-order valence-electron chi connectivity index (χ2n) is 5.43. The molecule has 1 aromatic heterocycles. The maximum Gasteiger partial charge on any atom is 0.231 e. The molecule has 23 heavy (non-hydrogen) atoms. The lowest BCUT2D eigenvalue weighted by Crippen LogP contribution is -2.40. The van der Waals surface area contributed by atoms with Crippen molar-refractivity contribution in [3.05, 3.63) is 45.9 Å².